The maximum atomic E-state index is 5.40. The molecular weight excluding hydrogens is 239 g/mol. The molecular formula is C6H18N3O2P3. The maximum Gasteiger partial charge on any atom is 0.200 e. The van der Waals surface area contributed by atoms with E-state index in [-0.39, 0.29) is 0 Å². The maximum absolute atomic E-state index is 5.40. The molecule has 0 aromatic rings. The van der Waals surface area contributed by atoms with Crippen LogP contribution in [0.25, 0.3) is 0 Å². The molecule has 0 saturated heterocycles. The van der Waals surface area contributed by atoms with Crippen LogP contribution in [0.5, 0.6) is 0 Å². The van der Waals surface area contributed by atoms with Crippen LogP contribution in [0, 0.1) is 0 Å². The van der Waals surface area contributed by atoms with Crippen molar-refractivity contribution >= 4 is 22.1 Å². The third-order valence-electron chi connectivity index (χ3n) is 1.79. The summed E-state index contributed by atoms with van der Waals surface area (Å²) in [5, 5.41) is 0. The third-order valence-corrected chi connectivity index (χ3v) is 12.0. The number of rotatable bonds is 2. The molecule has 0 amide bonds. The first-order valence-electron chi connectivity index (χ1n) is 4.17. The number of hydrogen-bond donors (Lipinski definition) is 0. The smallest absolute Gasteiger partial charge is 0.200 e. The van der Waals surface area contributed by atoms with Crippen molar-refractivity contribution < 1.29 is 9.05 Å². The van der Waals surface area contributed by atoms with Gasteiger partial charge in [0.2, 0.25) is 14.9 Å². The molecule has 1 heterocycles. The van der Waals surface area contributed by atoms with E-state index in [0.717, 1.165) is 0 Å². The summed E-state index contributed by atoms with van der Waals surface area (Å²) in [6.45, 7) is 8.05. The lowest BCUT2D eigenvalue weighted by atomic mass is 11.8. The van der Waals surface area contributed by atoms with Crippen molar-refractivity contribution in [2.75, 3.05) is 40.9 Å². The van der Waals surface area contributed by atoms with Crippen molar-refractivity contribution in [2.24, 2.45) is 13.5 Å². The lowest BCUT2D eigenvalue weighted by Crippen LogP contribution is -1.89. The van der Waals surface area contributed by atoms with Gasteiger partial charge in [-0.15, -0.1) is 0 Å². The van der Waals surface area contributed by atoms with E-state index in [4.69, 9.17) is 9.05 Å². The second kappa shape index (κ2) is 3.88. The molecule has 0 saturated carbocycles. The standard InChI is InChI=1S/C6H18N3O2P3/c1-10-13(5)7-12(3,4)8-14(6,9-13)11-2/h1-6H3. The van der Waals surface area contributed by atoms with Gasteiger partial charge in [-0.1, -0.05) is 0 Å². The summed E-state index contributed by atoms with van der Waals surface area (Å²) in [6.07, 6.45) is 0. The zero-order valence-electron chi connectivity index (χ0n) is 9.50. The number of nitrogens with zero attached hydrogens (tertiary/aromatic N) is 3. The average molecular weight is 257 g/mol. The van der Waals surface area contributed by atoms with Crippen LogP contribution in [0.3, 0.4) is 0 Å². The molecule has 2 unspecified atom stereocenters. The molecule has 0 aromatic heterocycles. The molecule has 0 radical (unpaired) electrons. The van der Waals surface area contributed by atoms with Crippen molar-refractivity contribution in [2.45, 2.75) is 0 Å². The van der Waals surface area contributed by atoms with E-state index >= 15 is 0 Å². The molecule has 14 heavy (non-hydrogen) atoms. The van der Waals surface area contributed by atoms with Crippen LogP contribution in [-0.4, -0.2) is 40.9 Å². The lowest BCUT2D eigenvalue weighted by Gasteiger charge is -2.27. The molecule has 0 fully saturated rings. The van der Waals surface area contributed by atoms with Crippen molar-refractivity contribution in [3.63, 3.8) is 0 Å². The van der Waals surface area contributed by atoms with E-state index in [1.54, 1.807) is 14.2 Å². The van der Waals surface area contributed by atoms with E-state index in [1.807, 2.05) is 13.3 Å². The van der Waals surface area contributed by atoms with Gasteiger partial charge in [-0.05, 0) is 13.3 Å². The highest BCUT2D eigenvalue weighted by Gasteiger charge is 2.26. The Balaban J connectivity index is 3.44. The minimum Gasteiger partial charge on any atom is -0.331 e. The molecule has 2 atom stereocenters. The van der Waals surface area contributed by atoms with Gasteiger partial charge in [0.1, 0.15) is 0 Å². The van der Waals surface area contributed by atoms with Gasteiger partial charge in [0.15, 0.2) is 0 Å². The predicted molar refractivity (Wildman–Crippen MR) is 65.8 cm³/mol. The van der Waals surface area contributed by atoms with Gasteiger partial charge in [0.05, 0.1) is 7.21 Å². The summed E-state index contributed by atoms with van der Waals surface area (Å²) >= 11 is 0. The van der Waals surface area contributed by atoms with Crippen LogP contribution in [0.1, 0.15) is 0 Å². The molecule has 1 aliphatic heterocycles. The van der Waals surface area contributed by atoms with Gasteiger partial charge in [-0.25, -0.2) is 9.03 Å². The highest BCUT2D eigenvalue weighted by molar-refractivity contribution is 7.83. The Morgan fingerprint density at radius 2 is 1.14 bits per heavy atom. The minimum atomic E-state index is -1.97. The van der Waals surface area contributed by atoms with E-state index in [1.165, 1.54) is 0 Å². The Morgan fingerprint density at radius 1 is 0.714 bits per heavy atom. The zero-order chi connectivity index (χ0) is 11.0. The van der Waals surface area contributed by atoms with Crippen molar-refractivity contribution in [3.8, 4) is 0 Å². The lowest BCUT2D eigenvalue weighted by molar-refractivity contribution is 0.447. The van der Waals surface area contributed by atoms with Crippen LogP contribution >= 0.6 is 22.1 Å². The van der Waals surface area contributed by atoms with E-state index in [0.29, 0.717) is 0 Å². The summed E-state index contributed by atoms with van der Waals surface area (Å²) in [6, 6.07) is 0. The Kier molecular flexibility index (Phi) is 3.52. The highest BCUT2D eigenvalue weighted by atomic mass is 31.3. The Hall–Kier alpha value is 0.610. The Morgan fingerprint density at radius 3 is 1.57 bits per heavy atom. The van der Waals surface area contributed by atoms with Gasteiger partial charge in [-0.3, -0.25) is 0 Å². The SMILES string of the molecule is COP1(C)=NP(C)(C)=NP(C)(OC)=N1. The first-order valence-corrected chi connectivity index (χ1v) is 10.9. The van der Waals surface area contributed by atoms with Crippen LogP contribution in [-0.2, 0) is 9.05 Å². The van der Waals surface area contributed by atoms with Gasteiger partial charge in [0, 0.05) is 27.5 Å². The first-order chi connectivity index (χ1) is 6.24. The fourth-order valence-corrected chi connectivity index (χ4v) is 12.8. The molecule has 1 rings (SSSR count). The summed E-state index contributed by atoms with van der Waals surface area (Å²) in [4.78, 5) is 0. The van der Waals surface area contributed by atoms with Crippen LogP contribution in [0.15, 0.2) is 13.5 Å². The van der Waals surface area contributed by atoms with E-state index in [9.17, 15) is 0 Å². The highest BCUT2D eigenvalue weighted by Crippen LogP contribution is 2.74. The zero-order valence-corrected chi connectivity index (χ0v) is 12.2. The predicted octanol–water partition coefficient (Wildman–Crippen LogP) is 3.99. The molecule has 5 nitrogen and oxygen atoms in total. The molecule has 0 bridgehead atoms. The summed E-state index contributed by atoms with van der Waals surface area (Å²) in [7, 11) is -2.24. The van der Waals surface area contributed by atoms with Gasteiger partial charge in [0.25, 0.3) is 0 Å². The van der Waals surface area contributed by atoms with Crippen LogP contribution in [0.4, 0.5) is 0 Å². The summed E-state index contributed by atoms with van der Waals surface area (Å²) in [5.41, 5.74) is 0. The summed E-state index contributed by atoms with van der Waals surface area (Å²) < 4.78 is 24.6. The second-order valence-electron chi connectivity index (χ2n) is 3.64. The Labute approximate surface area is 86.1 Å². The van der Waals surface area contributed by atoms with Crippen LogP contribution in [0.2, 0.25) is 0 Å². The van der Waals surface area contributed by atoms with Gasteiger partial charge in [-0.2, -0.15) is 4.52 Å². The second-order valence-corrected chi connectivity index (χ2v) is 12.5. The molecule has 0 spiro atoms. The van der Waals surface area contributed by atoms with Crippen LogP contribution < -0.4 is 0 Å². The molecule has 0 aromatic carbocycles. The fourth-order valence-electron chi connectivity index (χ4n) is 1.32. The first kappa shape index (κ1) is 12.7. The van der Waals surface area contributed by atoms with Gasteiger partial charge < -0.3 is 9.05 Å². The molecule has 84 valence electrons. The van der Waals surface area contributed by atoms with Crippen molar-refractivity contribution in [1.82, 2.24) is 0 Å². The topological polar surface area (TPSA) is 55.5 Å². The van der Waals surface area contributed by atoms with Crippen molar-refractivity contribution in [1.29, 1.82) is 0 Å². The monoisotopic (exact) mass is 257 g/mol. The molecule has 0 aliphatic carbocycles. The Bertz CT molecular complexity index is 386. The third kappa shape index (κ3) is 2.81. The minimum absolute atomic E-state index is 1.61. The molecule has 0 N–H and O–H groups in total. The quantitative estimate of drug-likeness (QED) is 0.702. The average Bonchev–Trinajstić information content (AvgIpc) is 2.00. The van der Waals surface area contributed by atoms with Gasteiger partial charge >= 0.3 is 0 Å². The largest absolute Gasteiger partial charge is 0.331 e. The van der Waals surface area contributed by atoms with Crippen molar-refractivity contribution in [3.05, 3.63) is 0 Å². The fraction of sp³-hybridized carbons (Fsp3) is 1.00. The number of hydrogen-bond acceptors (Lipinski definition) is 5. The summed E-state index contributed by atoms with van der Waals surface area (Å²) in [5.74, 6) is 0. The van der Waals surface area contributed by atoms with E-state index in [2.05, 4.69) is 26.9 Å². The van der Waals surface area contributed by atoms with E-state index < -0.39 is 22.1 Å². The molecule has 1 aliphatic rings. The normalized spacial score (nSPS) is 40.7. The molecule has 8 heteroatoms.